The summed E-state index contributed by atoms with van der Waals surface area (Å²) in [6.07, 6.45) is 0.380. The molecule has 1 aliphatic rings. The first kappa shape index (κ1) is 14.1. The third-order valence-electron chi connectivity index (χ3n) is 3.13. The largest absolute Gasteiger partial charge is 0.409 e. The van der Waals surface area contributed by atoms with E-state index in [1.807, 2.05) is 0 Å². The number of nitrogens with zero attached hydrogens (tertiary/aromatic N) is 1. The fraction of sp³-hybridized carbons (Fsp3) is 0.273. The summed E-state index contributed by atoms with van der Waals surface area (Å²) >= 11 is 0. The van der Waals surface area contributed by atoms with Crippen molar-refractivity contribution < 1.29 is 27.6 Å². The minimum Gasteiger partial charge on any atom is -0.409 e. The highest BCUT2D eigenvalue weighted by Crippen LogP contribution is 2.47. The van der Waals surface area contributed by atoms with Gasteiger partial charge in [0.2, 0.25) is 5.91 Å². The van der Waals surface area contributed by atoms with Crippen LogP contribution >= 0.6 is 0 Å². The zero-order valence-corrected chi connectivity index (χ0v) is 9.88. The monoisotopic (exact) mass is 291 g/mol. The second-order valence-corrected chi connectivity index (χ2v) is 4.36. The van der Waals surface area contributed by atoms with Crippen LogP contribution in [0, 0.1) is 28.7 Å². The van der Waals surface area contributed by atoms with E-state index in [9.17, 15) is 22.4 Å². The predicted molar refractivity (Wildman–Crippen MR) is 60.0 cm³/mol. The standard InChI is InChI=1S/C11H9F4N3O2/c12-4-3-5(13)7(15)8(6(4)14)17-10(19)11(1-2-11)9(16)18-20/h3,20H,1-2H2,(H2,16,18)(H,17,19). The van der Waals surface area contributed by atoms with Crippen molar-refractivity contribution in [2.45, 2.75) is 12.8 Å². The molecule has 0 unspecified atom stereocenters. The number of carbonyl (C=O) groups is 1. The lowest BCUT2D eigenvalue weighted by Crippen LogP contribution is -2.37. The summed E-state index contributed by atoms with van der Waals surface area (Å²) in [5.41, 5.74) is 2.66. The van der Waals surface area contributed by atoms with Gasteiger partial charge < -0.3 is 16.3 Å². The zero-order valence-electron chi connectivity index (χ0n) is 9.88. The van der Waals surface area contributed by atoms with Gasteiger partial charge >= 0.3 is 0 Å². The Balaban J connectivity index is 2.35. The molecule has 0 aliphatic heterocycles. The number of benzene rings is 1. The van der Waals surface area contributed by atoms with Gasteiger partial charge in [-0.1, -0.05) is 5.16 Å². The molecule has 1 amide bonds. The van der Waals surface area contributed by atoms with Crippen LogP contribution in [0.25, 0.3) is 0 Å². The Hall–Kier alpha value is -2.32. The van der Waals surface area contributed by atoms with E-state index in [-0.39, 0.29) is 18.9 Å². The summed E-state index contributed by atoms with van der Waals surface area (Å²) in [6, 6.07) is 0.0246. The van der Waals surface area contributed by atoms with Gasteiger partial charge in [0.15, 0.2) is 29.1 Å². The fourth-order valence-electron chi connectivity index (χ4n) is 1.74. The zero-order chi connectivity index (χ0) is 15.1. The Morgan fingerprint density at radius 1 is 1.25 bits per heavy atom. The first-order valence-corrected chi connectivity index (χ1v) is 5.46. The van der Waals surface area contributed by atoms with Crippen molar-refractivity contribution in [1.29, 1.82) is 0 Å². The molecule has 0 spiro atoms. The first-order valence-electron chi connectivity index (χ1n) is 5.46. The maximum Gasteiger partial charge on any atom is 0.238 e. The van der Waals surface area contributed by atoms with Gasteiger partial charge in [0.05, 0.1) is 0 Å². The van der Waals surface area contributed by atoms with Crippen molar-refractivity contribution in [3.63, 3.8) is 0 Å². The van der Waals surface area contributed by atoms with Gasteiger partial charge in [-0.3, -0.25) is 4.79 Å². The Morgan fingerprint density at radius 3 is 2.15 bits per heavy atom. The molecule has 2 rings (SSSR count). The predicted octanol–water partition coefficient (Wildman–Crippen LogP) is 1.71. The molecule has 108 valence electrons. The molecule has 5 nitrogen and oxygen atoms in total. The maximum absolute atomic E-state index is 13.4. The van der Waals surface area contributed by atoms with Crippen LogP contribution in [0.4, 0.5) is 23.2 Å². The van der Waals surface area contributed by atoms with Crippen molar-refractivity contribution in [1.82, 2.24) is 0 Å². The van der Waals surface area contributed by atoms with Crippen LogP contribution in [-0.2, 0) is 4.79 Å². The number of nitrogens with two attached hydrogens (primary N) is 1. The number of amides is 1. The molecule has 1 aromatic carbocycles. The molecule has 1 fully saturated rings. The van der Waals surface area contributed by atoms with Crippen LogP contribution in [0.1, 0.15) is 12.8 Å². The third kappa shape index (κ3) is 2.04. The summed E-state index contributed by atoms with van der Waals surface area (Å²) in [5, 5.41) is 12.9. The van der Waals surface area contributed by atoms with Gasteiger partial charge in [0, 0.05) is 6.07 Å². The molecule has 0 heterocycles. The molecular weight excluding hydrogens is 282 g/mol. The van der Waals surface area contributed by atoms with Gasteiger partial charge in [-0.05, 0) is 12.8 Å². The normalized spacial score (nSPS) is 16.9. The SMILES string of the molecule is N/C(=N/O)C1(C(=O)Nc2c(F)c(F)cc(F)c2F)CC1. The number of nitrogens with one attached hydrogen (secondary N) is 1. The third-order valence-corrected chi connectivity index (χ3v) is 3.13. The lowest BCUT2D eigenvalue weighted by molar-refractivity contribution is -0.119. The molecule has 1 aromatic rings. The van der Waals surface area contributed by atoms with E-state index < -0.39 is 46.1 Å². The van der Waals surface area contributed by atoms with E-state index in [0.717, 1.165) is 0 Å². The quantitative estimate of drug-likeness (QED) is 0.198. The average Bonchev–Trinajstić information content (AvgIpc) is 3.22. The second kappa shape index (κ2) is 4.66. The molecule has 0 aromatic heterocycles. The molecule has 0 bridgehead atoms. The van der Waals surface area contributed by atoms with Crippen LogP contribution in [0.2, 0.25) is 0 Å². The summed E-state index contributed by atoms with van der Waals surface area (Å²) in [4.78, 5) is 11.9. The molecule has 20 heavy (non-hydrogen) atoms. The molecule has 0 saturated heterocycles. The molecule has 1 aliphatic carbocycles. The summed E-state index contributed by atoms with van der Waals surface area (Å²) in [7, 11) is 0. The van der Waals surface area contributed by atoms with E-state index >= 15 is 0 Å². The summed E-state index contributed by atoms with van der Waals surface area (Å²) < 4.78 is 52.7. The average molecular weight is 291 g/mol. The van der Waals surface area contributed by atoms with Gasteiger partial charge in [0.25, 0.3) is 0 Å². The van der Waals surface area contributed by atoms with Crippen molar-refractivity contribution >= 4 is 17.4 Å². The lowest BCUT2D eigenvalue weighted by Gasteiger charge is -2.15. The molecule has 9 heteroatoms. The minimum atomic E-state index is -1.73. The minimum absolute atomic E-state index is 0.0246. The van der Waals surface area contributed by atoms with Gasteiger partial charge in [0.1, 0.15) is 11.1 Å². The second-order valence-electron chi connectivity index (χ2n) is 4.36. The lowest BCUT2D eigenvalue weighted by atomic mass is 10.0. The van der Waals surface area contributed by atoms with E-state index in [1.165, 1.54) is 0 Å². The van der Waals surface area contributed by atoms with Crippen LogP contribution in [0.3, 0.4) is 0 Å². The van der Waals surface area contributed by atoms with Gasteiger partial charge in [-0.15, -0.1) is 0 Å². The van der Waals surface area contributed by atoms with E-state index in [0.29, 0.717) is 0 Å². The molecule has 4 N–H and O–H groups in total. The Bertz CT molecular complexity index is 588. The number of rotatable bonds is 3. The Kier molecular flexibility index (Phi) is 3.28. The number of amidine groups is 1. The number of anilines is 1. The molecule has 1 saturated carbocycles. The van der Waals surface area contributed by atoms with Crippen LogP contribution in [-0.4, -0.2) is 17.0 Å². The Labute approximate surface area is 110 Å². The fourth-order valence-corrected chi connectivity index (χ4v) is 1.74. The Morgan fingerprint density at radius 2 is 1.75 bits per heavy atom. The van der Waals surface area contributed by atoms with Crippen molar-refractivity contribution in [2.24, 2.45) is 16.3 Å². The van der Waals surface area contributed by atoms with Gasteiger partial charge in [-0.25, -0.2) is 17.6 Å². The molecular formula is C11H9F4N3O2. The number of halogens is 4. The number of hydrogen-bond acceptors (Lipinski definition) is 3. The van der Waals surface area contributed by atoms with E-state index in [1.54, 1.807) is 5.32 Å². The highest BCUT2D eigenvalue weighted by atomic mass is 19.2. The van der Waals surface area contributed by atoms with Crippen molar-refractivity contribution in [3.8, 4) is 0 Å². The van der Waals surface area contributed by atoms with Crippen LogP contribution in [0.5, 0.6) is 0 Å². The maximum atomic E-state index is 13.4. The van der Waals surface area contributed by atoms with Crippen molar-refractivity contribution in [3.05, 3.63) is 29.3 Å². The number of oxime groups is 1. The topological polar surface area (TPSA) is 87.7 Å². The summed E-state index contributed by atoms with van der Waals surface area (Å²) in [5.74, 6) is -8.19. The van der Waals surface area contributed by atoms with Crippen LogP contribution < -0.4 is 11.1 Å². The van der Waals surface area contributed by atoms with Gasteiger partial charge in [-0.2, -0.15) is 0 Å². The highest BCUT2D eigenvalue weighted by molar-refractivity contribution is 6.14. The summed E-state index contributed by atoms with van der Waals surface area (Å²) in [6.45, 7) is 0. The van der Waals surface area contributed by atoms with E-state index in [4.69, 9.17) is 10.9 Å². The van der Waals surface area contributed by atoms with Crippen molar-refractivity contribution in [2.75, 3.05) is 5.32 Å². The highest BCUT2D eigenvalue weighted by Gasteiger charge is 2.54. The number of hydrogen-bond donors (Lipinski definition) is 3. The smallest absolute Gasteiger partial charge is 0.238 e. The molecule has 0 atom stereocenters. The first-order chi connectivity index (χ1) is 9.33. The molecule has 0 radical (unpaired) electrons. The number of carbonyl (C=O) groups excluding carboxylic acids is 1. The van der Waals surface area contributed by atoms with Crippen LogP contribution in [0.15, 0.2) is 11.2 Å². The van der Waals surface area contributed by atoms with E-state index in [2.05, 4.69) is 5.16 Å².